The minimum absolute atomic E-state index is 0.0636. The van der Waals surface area contributed by atoms with Crippen LogP contribution in [0.5, 0.6) is 0 Å². The quantitative estimate of drug-likeness (QED) is 0.194. The van der Waals surface area contributed by atoms with E-state index in [0.29, 0.717) is 27.8 Å². The Hall–Kier alpha value is -3.98. The minimum atomic E-state index is -1.09. The molecule has 1 aliphatic heterocycles. The first-order valence-electron chi connectivity index (χ1n) is 11.0. The molecule has 0 unspecified atom stereocenters. The number of carbonyl (C=O) groups excluding carboxylic acids is 2. The molecule has 184 valence electrons. The van der Waals surface area contributed by atoms with Crippen molar-refractivity contribution < 1.29 is 19.5 Å². The van der Waals surface area contributed by atoms with Gasteiger partial charge < -0.3 is 9.67 Å². The van der Waals surface area contributed by atoms with Crippen molar-refractivity contribution in [3.05, 3.63) is 105 Å². The lowest BCUT2D eigenvalue weighted by atomic mass is 10.1. The monoisotopic (exact) mass is 549 g/mol. The molecule has 3 aromatic carbocycles. The van der Waals surface area contributed by atoms with Gasteiger partial charge in [0, 0.05) is 29.2 Å². The number of hydrogen-bond acceptors (Lipinski definition) is 4. The summed E-state index contributed by atoms with van der Waals surface area (Å²) in [6.45, 7) is 0.493. The minimum Gasteiger partial charge on any atom is -0.478 e. The van der Waals surface area contributed by atoms with E-state index in [1.807, 2.05) is 41.1 Å². The van der Waals surface area contributed by atoms with E-state index in [0.717, 1.165) is 16.5 Å². The number of carboxylic acids is 1. The molecule has 2 amide bonds. The van der Waals surface area contributed by atoms with Crippen molar-refractivity contribution in [2.75, 3.05) is 4.90 Å². The Morgan fingerprint density at radius 2 is 1.73 bits per heavy atom. The molecule has 0 spiro atoms. The Kier molecular flexibility index (Phi) is 6.55. The molecule has 4 aromatic rings. The zero-order valence-corrected chi connectivity index (χ0v) is 21.3. The highest BCUT2D eigenvalue weighted by atomic mass is 35.5. The van der Waals surface area contributed by atoms with Gasteiger partial charge in [0.2, 0.25) is 0 Å². The second kappa shape index (κ2) is 9.82. The van der Waals surface area contributed by atoms with Crippen molar-refractivity contribution in [3.8, 4) is 0 Å². The van der Waals surface area contributed by atoms with Gasteiger partial charge in [0.05, 0.1) is 21.3 Å². The zero-order valence-electron chi connectivity index (χ0n) is 18.9. The van der Waals surface area contributed by atoms with Crippen molar-refractivity contribution in [1.82, 2.24) is 9.88 Å². The van der Waals surface area contributed by atoms with Gasteiger partial charge in [-0.15, -0.1) is 0 Å². The fourth-order valence-electron chi connectivity index (χ4n) is 4.16. The maximum atomic E-state index is 13.4. The highest BCUT2D eigenvalue weighted by Crippen LogP contribution is 2.29. The second-order valence-corrected chi connectivity index (χ2v) is 9.49. The first-order valence-corrected chi connectivity index (χ1v) is 12.2. The summed E-state index contributed by atoms with van der Waals surface area (Å²) in [4.78, 5) is 38.6. The van der Waals surface area contributed by atoms with E-state index in [1.165, 1.54) is 35.2 Å². The van der Waals surface area contributed by atoms with Crippen LogP contribution < -0.4 is 10.2 Å². The molecule has 7 nitrogen and oxygen atoms in total. The van der Waals surface area contributed by atoms with Gasteiger partial charge in [-0.05, 0) is 66.3 Å². The number of fused-ring (bicyclic) bond motifs is 1. The number of anilines is 1. The van der Waals surface area contributed by atoms with Crippen LogP contribution in [0.1, 0.15) is 21.5 Å². The summed E-state index contributed by atoms with van der Waals surface area (Å²) in [6, 6.07) is 18.7. The molecule has 5 rings (SSSR count). The lowest BCUT2D eigenvalue weighted by Gasteiger charge is -2.28. The molecule has 2 N–H and O–H groups in total. The van der Waals surface area contributed by atoms with Crippen LogP contribution in [0.3, 0.4) is 0 Å². The van der Waals surface area contributed by atoms with Gasteiger partial charge in [-0.3, -0.25) is 19.8 Å². The van der Waals surface area contributed by atoms with Gasteiger partial charge in [0.1, 0.15) is 5.57 Å². The number of aromatic nitrogens is 1. The number of halogens is 2. The molecule has 0 bridgehead atoms. The van der Waals surface area contributed by atoms with Gasteiger partial charge in [0.25, 0.3) is 11.8 Å². The Labute approximate surface area is 226 Å². The maximum Gasteiger partial charge on any atom is 0.335 e. The van der Waals surface area contributed by atoms with Crippen LogP contribution >= 0.6 is 35.4 Å². The molecule has 2 heterocycles. The Balaban J connectivity index is 1.54. The van der Waals surface area contributed by atoms with E-state index >= 15 is 0 Å². The molecule has 1 aromatic heterocycles. The number of hydrogen-bond donors (Lipinski definition) is 2. The smallest absolute Gasteiger partial charge is 0.335 e. The number of aromatic carboxylic acids is 1. The van der Waals surface area contributed by atoms with Gasteiger partial charge in [-0.2, -0.15) is 0 Å². The van der Waals surface area contributed by atoms with Gasteiger partial charge in [0.15, 0.2) is 5.11 Å². The van der Waals surface area contributed by atoms with Gasteiger partial charge >= 0.3 is 5.97 Å². The Morgan fingerprint density at radius 3 is 2.43 bits per heavy atom. The van der Waals surface area contributed by atoms with Crippen LogP contribution in [0.4, 0.5) is 5.69 Å². The number of carboxylic acid groups (broad SMARTS) is 1. The van der Waals surface area contributed by atoms with Gasteiger partial charge in [-0.25, -0.2) is 4.79 Å². The van der Waals surface area contributed by atoms with Crippen LogP contribution in [-0.4, -0.2) is 32.6 Å². The van der Waals surface area contributed by atoms with Crippen LogP contribution in [0, 0.1) is 0 Å². The number of para-hydroxylation sites is 1. The standard InChI is InChI=1S/C27H17Cl2N3O4S/c28-21-10-5-15(11-22(21)29)13-31-14-17(19-3-1-2-4-23(19)31)12-20-24(33)30-27(37)32(25(20)34)18-8-6-16(7-9-18)26(35)36/h1-12,14H,13H2,(H,35,36)(H,30,33,37)/b20-12+. The topological polar surface area (TPSA) is 91.6 Å². The lowest BCUT2D eigenvalue weighted by molar-refractivity contribution is -0.122. The second-order valence-electron chi connectivity index (χ2n) is 8.29. The van der Waals surface area contributed by atoms with E-state index in [2.05, 4.69) is 5.32 Å². The number of rotatable bonds is 5. The van der Waals surface area contributed by atoms with Crippen molar-refractivity contribution >= 4 is 81.0 Å². The molecular formula is C27H17Cl2N3O4S. The number of benzene rings is 3. The van der Waals surface area contributed by atoms with Crippen molar-refractivity contribution in [2.45, 2.75) is 6.54 Å². The Morgan fingerprint density at radius 1 is 1.00 bits per heavy atom. The number of carbonyl (C=O) groups is 3. The predicted molar refractivity (Wildman–Crippen MR) is 147 cm³/mol. The first-order chi connectivity index (χ1) is 17.7. The summed E-state index contributed by atoms with van der Waals surface area (Å²) in [6.07, 6.45) is 3.39. The number of thiocarbonyl (C=S) groups is 1. The maximum absolute atomic E-state index is 13.4. The molecule has 10 heteroatoms. The van der Waals surface area contributed by atoms with Crippen molar-refractivity contribution in [1.29, 1.82) is 0 Å². The molecule has 0 atom stereocenters. The van der Waals surface area contributed by atoms with Crippen molar-refractivity contribution in [3.63, 3.8) is 0 Å². The van der Waals surface area contributed by atoms with Crippen molar-refractivity contribution in [2.24, 2.45) is 0 Å². The summed E-state index contributed by atoms with van der Waals surface area (Å²) in [5.41, 5.74) is 2.81. The van der Waals surface area contributed by atoms with Gasteiger partial charge in [-0.1, -0.05) is 47.5 Å². The third-order valence-electron chi connectivity index (χ3n) is 5.93. The first kappa shape index (κ1) is 24.7. The van der Waals surface area contributed by atoms with E-state index in [4.69, 9.17) is 40.5 Å². The average Bonchev–Trinajstić information content (AvgIpc) is 3.21. The van der Waals surface area contributed by atoms with E-state index < -0.39 is 17.8 Å². The summed E-state index contributed by atoms with van der Waals surface area (Å²) in [5.74, 6) is -2.32. The molecule has 1 saturated heterocycles. The highest BCUT2D eigenvalue weighted by Gasteiger charge is 2.34. The fourth-order valence-corrected chi connectivity index (χ4v) is 4.76. The van der Waals surface area contributed by atoms with E-state index in [-0.39, 0.29) is 16.2 Å². The molecule has 37 heavy (non-hydrogen) atoms. The predicted octanol–water partition coefficient (Wildman–Crippen LogP) is 5.53. The largest absolute Gasteiger partial charge is 0.478 e. The molecule has 1 fully saturated rings. The molecular weight excluding hydrogens is 533 g/mol. The third-order valence-corrected chi connectivity index (χ3v) is 6.95. The third kappa shape index (κ3) is 4.74. The molecule has 0 saturated carbocycles. The fraction of sp³-hybridized carbons (Fsp3) is 0.0370. The zero-order chi connectivity index (χ0) is 26.3. The highest BCUT2D eigenvalue weighted by molar-refractivity contribution is 7.80. The molecule has 1 aliphatic rings. The molecule has 0 aliphatic carbocycles. The number of amides is 2. The normalized spacial score (nSPS) is 14.9. The summed E-state index contributed by atoms with van der Waals surface area (Å²) in [7, 11) is 0. The van der Waals surface area contributed by atoms with Crippen LogP contribution in [-0.2, 0) is 16.1 Å². The van der Waals surface area contributed by atoms with Crippen LogP contribution in [0.25, 0.3) is 17.0 Å². The summed E-state index contributed by atoms with van der Waals surface area (Å²) in [5, 5.41) is 13.4. The van der Waals surface area contributed by atoms with E-state index in [1.54, 1.807) is 12.1 Å². The van der Waals surface area contributed by atoms with E-state index in [9.17, 15) is 14.4 Å². The summed E-state index contributed by atoms with van der Waals surface area (Å²) >= 11 is 17.5. The lowest BCUT2D eigenvalue weighted by Crippen LogP contribution is -2.54. The SMILES string of the molecule is O=C1NC(=S)N(c2ccc(C(=O)O)cc2)C(=O)/C1=C/c1cn(Cc2ccc(Cl)c(Cl)c2)c2ccccc12. The number of nitrogens with zero attached hydrogens (tertiary/aromatic N) is 2. The van der Waals surface area contributed by atoms with Crippen LogP contribution in [0.2, 0.25) is 10.0 Å². The Bertz CT molecular complexity index is 1640. The van der Waals surface area contributed by atoms with Crippen LogP contribution in [0.15, 0.2) is 78.5 Å². The average molecular weight is 550 g/mol. The summed E-state index contributed by atoms with van der Waals surface area (Å²) < 4.78 is 2.00. The molecule has 0 radical (unpaired) electrons. The number of nitrogens with one attached hydrogen (secondary N) is 1.